The van der Waals surface area contributed by atoms with Gasteiger partial charge in [-0.25, -0.2) is 4.79 Å². The molecule has 0 saturated heterocycles. The molecule has 0 aromatic heterocycles. The van der Waals surface area contributed by atoms with Crippen molar-refractivity contribution >= 4 is 12.1 Å². The monoisotopic (exact) mass is 565 g/mol. The van der Waals surface area contributed by atoms with Crippen molar-refractivity contribution in [3.63, 3.8) is 0 Å². The fourth-order valence-electron chi connectivity index (χ4n) is 5.55. The fourth-order valence-corrected chi connectivity index (χ4v) is 5.55. The molecule has 0 atom stereocenters. The van der Waals surface area contributed by atoms with E-state index in [9.17, 15) is 9.59 Å². The van der Waals surface area contributed by atoms with Crippen LogP contribution in [0.3, 0.4) is 0 Å². The van der Waals surface area contributed by atoms with E-state index in [0.29, 0.717) is 26.2 Å². The number of esters is 1. The molecule has 1 amide bonds. The first-order valence-corrected chi connectivity index (χ1v) is 16.0. The highest BCUT2D eigenvalue weighted by molar-refractivity contribution is 5.79. The highest BCUT2D eigenvalue weighted by Gasteiger charge is 2.28. The Morgan fingerprint density at radius 1 is 0.659 bits per heavy atom. The minimum absolute atomic E-state index is 0.0406. The van der Waals surface area contributed by atoms with Crippen LogP contribution in [0.15, 0.2) is 48.5 Å². The highest BCUT2D eigenvalue weighted by atomic mass is 16.6. The summed E-state index contributed by atoms with van der Waals surface area (Å²) in [5.41, 5.74) is 4.79. The lowest BCUT2D eigenvalue weighted by molar-refractivity contribution is -0.145. The third kappa shape index (κ3) is 12.3. The number of amides is 1. The lowest BCUT2D eigenvalue weighted by Gasteiger charge is -2.14. The Morgan fingerprint density at radius 2 is 1.20 bits per heavy atom. The van der Waals surface area contributed by atoms with Gasteiger partial charge in [-0.1, -0.05) is 133 Å². The molecule has 0 bridgehead atoms. The predicted octanol–water partition coefficient (Wildman–Crippen LogP) is 8.57. The minimum atomic E-state index is -0.459. The molecule has 0 saturated carbocycles. The van der Waals surface area contributed by atoms with Gasteiger partial charge >= 0.3 is 12.1 Å². The lowest BCUT2D eigenvalue weighted by atomic mass is 9.98. The summed E-state index contributed by atoms with van der Waals surface area (Å²) in [6, 6.07) is 16.5. The standard InChI is InChI=1S/C35H51NO5/c1-2-3-4-5-6-7-8-9-10-11-12-13-14-23-34(37)40-27-26-39-25-24-36-35(38)41-28-33-31-21-17-15-19-29(31)30-20-16-18-22-32(30)33/h15-22,33H,2-14,23-28H2,1H3,(H,36,38). The molecule has 0 spiro atoms. The van der Waals surface area contributed by atoms with E-state index in [4.69, 9.17) is 14.2 Å². The number of ether oxygens (including phenoxy) is 3. The van der Waals surface area contributed by atoms with Gasteiger partial charge in [-0.15, -0.1) is 0 Å². The summed E-state index contributed by atoms with van der Waals surface area (Å²) in [7, 11) is 0. The van der Waals surface area contributed by atoms with E-state index in [-0.39, 0.29) is 25.1 Å². The SMILES string of the molecule is CCCCCCCCCCCCCCCC(=O)OCCOCCNC(=O)OCC1c2ccccc2-c2ccccc21. The number of hydrogen-bond acceptors (Lipinski definition) is 5. The Bertz CT molecular complexity index is 978. The number of unbranched alkanes of at least 4 members (excludes halogenated alkanes) is 12. The Hall–Kier alpha value is -2.86. The van der Waals surface area contributed by atoms with Crippen LogP contribution < -0.4 is 5.32 Å². The van der Waals surface area contributed by atoms with Crippen LogP contribution in [0.1, 0.15) is 114 Å². The van der Waals surface area contributed by atoms with Gasteiger partial charge in [0, 0.05) is 18.9 Å². The largest absolute Gasteiger partial charge is 0.463 e. The summed E-state index contributed by atoms with van der Waals surface area (Å²) in [6.07, 6.45) is 16.8. The van der Waals surface area contributed by atoms with Gasteiger partial charge in [0.05, 0.1) is 13.2 Å². The topological polar surface area (TPSA) is 73.9 Å². The van der Waals surface area contributed by atoms with Gasteiger partial charge in [0.15, 0.2) is 0 Å². The average Bonchev–Trinajstić information content (AvgIpc) is 3.31. The molecule has 0 aliphatic heterocycles. The van der Waals surface area contributed by atoms with E-state index in [1.807, 2.05) is 24.3 Å². The summed E-state index contributed by atoms with van der Waals surface area (Å²) < 4.78 is 16.3. The zero-order chi connectivity index (χ0) is 29.0. The maximum Gasteiger partial charge on any atom is 0.407 e. The van der Waals surface area contributed by atoms with Crippen LogP contribution in [0.25, 0.3) is 11.1 Å². The van der Waals surface area contributed by atoms with Crippen molar-refractivity contribution in [1.29, 1.82) is 0 Å². The summed E-state index contributed by atoms with van der Waals surface area (Å²) >= 11 is 0. The molecular weight excluding hydrogens is 514 g/mol. The summed E-state index contributed by atoms with van der Waals surface area (Å²) in [4.78, 5) is 24.1. The first kappa shape index (κ1) is 32.7. The van der Waals surface area contributed by atoms with Crippen molar-refractivity contribution in [2.45, 2.75) is 103 Å². The van der Waals surface area contributed by atoms with E-state index in [2.05, 4.69) is 36.5 Å². The zero-order valence-electron chi connectivity index (χ0n) is 25.2. The highest BCUT2D eigenvalue weighted by Crippen LogP contribution is 2.44. The van der Waals surface area contributed by atoms with Crippen LogP contribution in [0.4, 0.5) is 4.79 Å². The van der Waals surface area contributed by atoms with Gasteiger partial charge in [-0.05, 0) is 28.7 Å². The first-order valence-electron chi connectivity index (χ1n) is 16.0. The number of alkyl carbamates (subject to hydrolysis) is 1. The molecule has 226 valence electrons. The van der Waals surface area contributed by atoms with Crippen molar-refractivity contribution in [3.8, 4) is 11.1 Å². The molecule has 2 aromatic carbocycles. The molecule has 3 rings (SSSR count). The number of carbonyl (C=O) groups excluding carboxylic acids is 2. The maximum absolute atomic E-state index is 12.2. The second-order valence-corrected chi connectivity index (χ2v) is 11.1. The van der Waals surface area contributed by atoms with E-state index in [1.54, 1.807) is 0 Å². The number of rotatable bonds is 22. The zero-order valence-corrected chi connectivity index (χ0v) is 25.2. The Morgan fingerprint density at radius 3 is 1.78 bits per heavy atom. The molecule has 0 unspecified atom stereocenters. The van der Waals surface area contributed by atoms with Crippen LogP contribution in [-0.2, 0) is 19.0 Å². The van der Waals surface area contributed by atoms with Crippen molar-refractivity contribution in [2.75, 3.05) is 33.0 Å². The third-order valence-corrected chi connectivity index (χ3v) is 7.83. The van der Waals surface area contributed by atoms with Crippen molar-refractivity contribution in [1.82, 2.24) is 5.32 Å². The van der Waals surface area contributed by atoms with Gasteiger partial charge in [-0.3, -0.25) is 4.79 Å². The summed E-state index contributed by atoms with van der Waals surface area (Å²) in [5, 5.41) is 2.73. The molecule has 6 nitrogen and oxygen atoms in total. The van der Waals surface area contributed by atoms with Gasteiger partial charge < -0.3 is 19.5 Å². The Balaban J connectivity index is 1.10. The normalized spacial score (nSPS) is 12.1. The van der Waals surface area contributed by atoms with Crippen LogP contribution in [-0.4, -0.2) is 45.0 Å². The van der Waals surface area contributed by atoms with Crippen LogP contribution in [0, 0.1) is 0 Å². The van der Waals surface area contributed by atoms with Crippen molar-refractivity contribution in [2.24, 2.45) is 0 Å². The number of carbonyl (C=O) groups is 2. The fraction of sp³-hybridized carbons (Fsp3) is 0.600. The molecule has 1 N–H and O–H groups in total. The van der Waals surface area contributed by atoms with Crippen molar-refractivity contribution < 1.29 is 23.8 Å². The number of benzene rings is 2. The molecular formula is C35H51NO5. The first-order chi connectivity index (χ1) is 20.2. The van der Waals surface area contributed by atoms with Gasteiger partial charge in [0.25, 0.3) is 0 Å². The van der Waals surface area contributed by atoms with Crippen LogP contribution in [0.5, 0.6) is 0 Å². The third-order valence-electron chi connectivity index (χ3n) is 7.83. The van der Waals surface area contributed by atoms with E-state index < -0.39 is 6.09 Å². The minimum Gasteiger partial charge on any atom is -0.463 e. The van der Waals surface area contributed by atoms with Crippen LogP contribution in [0.2, 0.25) is 0 Å². The van der Waals surface area contributed by atoms with E-state index >= 15 is 0 Å². The maximum atomic E-state index is 12.2. The molecule has 1 aliphatic rings. The lowest BCUT2D eigenvalue weighted by Crippen LogP contribution is -2.29. The Kier molecular flexibility index (Phi) is 16.0. The number of hydrogen-bond donors (Lipinski definition) is 1. The number of fused-ring (bicyclic) bond motifs is 3. The second kappa shape index (κ2) is 20.1. The average molecular weight is 566 g/mol. The van der Waals surface area contributed by atoms with Crippen molar-refractivity contribution in [3.05, 3.63) is 59.7 Å². The molecule has 0 heterocycles. The molecule has 6 heteroatoms. The summed E-state index contributed by atoms with van der Waals surface area (Å²) in [5.74, 6) is -0.118. The smallest absolute Gasteiger partial charge is 0.407 e. The van der Waals surface area contributed by atoms with Crippen LogP contribution >= 0.6 is 0 Å². The molecule has 41 heavy (non-hydrogen) atoms. The second-order valence-electron chi connectivity index (χ2n) is 11.1. The molecule has 1 aliphatic carbocycles. The molecule has 0 radical (unpaired) electrons. The van der Waals surface area contributed by atoms with Gasteiger partial charge in [0.2, 0.25) is 0 Å². The predicted molar refractivity (Wildman–Crippen MR) is 165 cm³/mol. The Labute approximate surface area is 247 Å². The van der Waals surface area contributed by atoms with E-state index in [0.717, 1.165) is 12.8 Å². The molecule has 0 fully saturated rings. The molecule has 2 aromatic rings. The van der Waals surface area contributed by atoms with E-state index in [1.165, 1.54) is 92.9 Å². The quantitative estimate of drug-likeness (QED) is 0.114. The van der Waals surface area contributed by atoms with Gasteiger partial charge in [0.1, 0.15) is 13.2 Å². The van der Waals surface area contributed by atoms with Gasteiger partial charge in [-0.2, -0.15) is 0 Å². The number of nitrogens with one attached hydrogen (secondary N) is 1. The summed E-state index contributed by atoms with van der Waals surface area (Å²) in [6.45, 7) is 3.78.